The number of rotatable bonds is 7. The van der Waals surface area contributed by atoms with Crippen molar-refractivity contribution in [3.8, 4) is 0 Å². The second kappa shape index (κ2) is 9.67. The van der Waals surface area contributed by atoms with Gasteiger partial charge in [0, 0.05) is 22.3 Å². The summed E-state index contributed by atoms with van der Waals surface area (Å²) in [7, 11) is 0. The Morgan fingerprint density at radius 1 is 1.04 bits per heavy atom. The summed E-state index contributed by atoms with van der Waals surface area (Å²) in [6.45, 7) is 0.566. The second-order valence-electron chi connectivity index (χ2n) is 6.51. The third-order valence-corrected chi connectivity index (χ3v) is 5.81. The van der Waals surface area contributed by atoms with Gasteiger partial charge in [-0.2, -0.15) is 0 Å². The van der Waals surface area contributed by atoms with Crippen LogP contribution in [-0.2, 0) is 16.1 Å². The summed E-state index contributed by atoms with van der Waals surface area (Å²) in [6, 6.07) is 20.2. The van der Waals surface area contributed by atoms with Crippen molar-refractivity contribution in [2.24, 2.45) is 0 Å². The first-order valence-electron chi connectivity index (χ1n) is 8.91. The highest BCUT2D eigenvalue weighted by molar-refractivity contribution is 9.09. The molecule has 3 unspecified atom stereocenters. The minimum absolute atomic E-state index is 0.0130. The molecule has 0 N–H and O–H groups in total. The van der Waals surface area contributed by atoms with E-state index in [9.17, 15) is 4.79 Å². The van der Waals surface area contributed by atoms with E-state index in [2.05, 4.69) is 44.0 Å². The van der Waals surface area contributed by atoms with E-state index in [4.69, 9.17) is 4.74 Å². The van der Waals surface area contributed by atoms with Crippen LogP contribution in [0.1, 0.15) is 24.8 Å². The van der Waals surface area contributed by atoms with E-state index >= 15 is 0 Å². The number of carbonyl (C=O) groups excluding carboxylic acids is 1. The predicted molar refractivity (Wildman–Crippen MR) is 113 cm³/mol. The highest BCUT2D eigenvalue weighted by Gasteiger charge is 2.40. The Hall–Kier alpha value is -1.17. The Bertz CT molecular complexity index is 696. The zero-order valence-electron chi connectivity index (χ0n) is 14.6. The van der Waals surface area contributed by atoms with E-state index in [0.717, 1.165) is 24.1 Å². The molecule has 0 saturated heterocycles. The summed E-state index contributed by atoms with van der Waals surface area (Å²) in [5.41, 5.74) is 2.10. The standard InChI is InChI=1S/C21H23Br2NO2/c22-12-11-21(25)24(18-9-5-2-6-10-18)19-13-17(23)14-20(19)26-15-16-7-3-1-4-8-16/h1-10,17,19-20H,11-15H2. The minimum atomic E-state index is 0.0130. The minimum Gasteiger partial charge on any atom is -0.371 e. The molecule has 1 amide bonds. The van der Waals surface area contributed by atoms with Crippen LogP contribution in [0.3, 0.4) is 0 Å². The maximum atomic E-state index is 12.9. The number of para-hydroxylation sites is 1. The van der Waals surface area contributed by atoms with Crippen LogP contribution in [0.4, 0.5) is 5.69 Å². The van der Waals surface area contributed by atoms with Gasteiger partial charge in [-0.15, -0.1) is 0 Å². The Balaban J connectivity index is 1.79. The lowest BCUT2D eigenvalue weighted by atomic mass is 10.1. The first kappa shape index (κ1) is 19.6. The number of benzene rings is 2. The third-order valence-electron chi connectivity index (χ3n) is 4.66. The van der Waals surface area contributed by atoms with Crippen LogP contribution in [0.15, 0.2) is 60.7 Å². The lowest BCUT2D eigenvalue weighted by molar-refractivity contribution is -0.119. The fourth-order valence-electron chi connectivity index (χ4n) is 3.46. The molecule has 3 nitrogen and oxygen atoms in total. The molecule has 0 aliphatic heterocycles. The molecule has 0 heterocycles. The molecule has 3 atom stereocenters. The molecule has 2 aromatic carbocycles. The molecule has 3 rings (SSSR count). The molecule has 0 radical (unpaired) electrons. The summed E-state index contributed by atoms with van der Waals surface area (Å²) in [6.07, 6.45) is 2.29. The molecule has 1 fully saturated rings. The molecule has 1 aliphatic carbocycles. The molecule has 26 heavy (non-hydrogen) atoms. The molecular weight excluding hydrogens is 458 g/mol. The summed E-state index contributed by atoms with van der Waals surface area (Å²) >= 11 is 7.15. The number of anilines is 1. The number of ether oxygens (including phenoxy) is 1. The van der Waals surface area contributed by atoms with Gasteiger partial charge in [0.15, 0.2) is 0 Å². The van der Waals surface area contributed by atoms with Gasteiger partial charge in [0.05, 0.1) is 18.8 Å². The maximum Gasteiger partial charge on any atom is 0.228 e. The van der Waals surface area contributed by atoms with Crippen LogP contribution >= 0.6 is 31.9 Å². The van der Waals surface area contributed by atoms with E-state index in [0.29, 0.717) is 23.2 Å². The van der Waals surface area contributed by atoms with Crippen molar-refractivity contribution in [1.82, 2.24) is 0 Å². The monoisotopic (exact) mass is 479 g/mol. The number of hydrogen-bond acceptors (Lipinski definition) is 2. The van der Waals surface area contributed by atoms with Crippen LogP contribution in [0.25, 0.3) is 0 Å². The van der Waals surface area contributed by atoms with Gasteiger partial charge in [0.25, 0.3) is 0 Å². The second-order valence-corrected chi connectivity index (χ2v) is 8.60. The highest BCUT2D eigenvalue weighted by Crippen LogP contribution is 2.35. The Morgan fingerprint density at radius 2 is 1.69 bits per heavy atom. The van der Waals surface area contributed by atoms with Gasteiger partial charge in [-0.05, 0) is 30.5 Å². The quantitative estimate of drug-likeness (QED) is 0.502. The van der Waals surface area contributed by atoms with E-state index in [1.807, 2.05) is 53.4 Å². The fourth-order valence-corrected chi connectivity index (χ4v) is 4.55. The summed E-state index contributed by atoms with van der Waals surface area (Å²) in [4.78, 5) is 15.2. The Morgan fingerprint density at radius 3 is 2.35 bits per heavy atom. The summed E-state index contributed by atoms with van der Waals surface area (Å²) in [5.74, 6) is 0.132. The number of nitrogens with zero attached hydrogens (tertiary/aromatic N) is 1. The van der Waals surface area contributed by atoms with E-state index in [-0.39, 0.29) is 18.1 Å². The largest absolute Gasteiger partial charge is 0.371 e. The lowest BCUT2D eigenvalue weighted by Gasteiger charge is -2.33. The van der Waals surface area contributed by atoms with E-state index in [1.165, 1.54) is 0 Å². The molecule has 1 aliphatic rings. The van der Waals surface area contributed by atoms with Crippen molar-refractivity contribution in [2.75, 3.05) is 10.2 Å². The molecule has 0 bridgehead atoms. The van der Waals surface area contributed by atoms with Gasteiger partial charge in [-0.3, -0.25) is 4.79 Å². The van der Waals surface area contributed by atoms with Crippen molar-refractivity contribution in [3.05, 3.63) is 66.2 Å². The van der Waals surface area contributed by atoms with Crippen LogP contribution < -0.4 is 4.90 Å². The number of hydrogen-bond donors (Lipinski definition) is 0. The van der Waals surface area contributed by atoms with E-state index < -0.39 is 0 Å². The van der Waals surface area contributed by atoms with Gasteiger partial charge >= 0.3 is 0 Å². The number of halogens is 2. The summed E-state index contributed by atoms with van der Waals surface area (Å²) in [5, 5.41) is 0.662. The molecule has 0 aromatic heterocycles. The van der Waals surface area contributed by atoms with Gasteiger partial charge in [-0.25, -0.2) is 0 Å². The topological polar surface area (TPSA) is 29.5 Å². The molecular formula is C21H23Br2NO2. The lowest BCUT2D eigenvalue weighted by Crippen LogP contribution is -2.45. The fraction of sp³-hybridized carbons (Fsp3) is 0.381. The van der Waals surface area contributed by atoms with E-state index in [1.54, 1.807) is 0 Å². The SMILES string of the molecule is O=C(CCBr)N(c1ccccc1)C1CC(Br)CC1OCc1ccccc1. The molecule has 138 valence electrons. The number of carbonyl (C=O) groups is 1. The van der Waals surface area contributed by atoms with Crippen LogP contribution in [0.5, 0.6) is 0 Å². The normalized spacial score (nSPS) is 22.3. The molecule has 5 heteroatoms. The average molecular weight is 481 g/mol. The van der Waals surface area contributed by atoms with Crippen molar-refractivity contribution < 1.29 is 9.53 Å². The zero-order chi connectivity index (χ0) is 18.4. The van der Waals surface area contributed by atoms with Gasteiger partial charge in [0.2, 0.25) is 5.91 Å². The van der Waals surface area contributed by atoms with Crippen molar-refractivity contribution in [1.29, 1.82) is 0 Å². The Labute approximate surface area is 172 Å². The summed E-state index contributed by atoms with van der Waals surface area (Å²) < 4.78 is 6.27. The van der Waals surface area contributed by atoms with Gasteiger partial charge in [-0.1, -0.05) is 80.4 Å². The number of amides is 1. The molecule has 2 aromatic rings. The predicted octanol–water partition coefficient (Wildman–Crippen LogP) is 5.32. The van der Waals surface area contributed by atoms with Gasteiger partial charge in [0.1, 0.15) is 0 Å². The molecule has 1 saturated carbocycles. The van der Waals surface area contributed by atoms with Crippen LogP contribution in [-0.4, -0.2) is 28.2 Å². The highest BCUT2D eigenvalue weighted by atomic mass is 79.9. The van der Waals surface area contributed by atoms with Gasteiger partial charge < -0.3 is 9.64 Å². The number of alkyl halides is 2. The third kappa shape index (κ3) is 4.96. The Kier molecular flexibility index (Phi) is 7.29. The van der Waals surface area contributed by atoms with Crippen LogP contribution in [0, 0.1) is 0 Å². The zero-order valence-corrected chi connectivity index (χ0v) is 17.7. The smallest absolute Gasteiger partial charge is 0.228 e. The van der Waals surface area contributed by atoms with Crippen LogP contribution in [0.2, 0.25) is 0 Å². The van der Waals surface area contributed by atoms with Crippen molar-refractivity contribution in [2.45, 2.75) is 42.8 Å². The van der Waals surface area contributed by atoms with Crippen molar-refractivity contribution in [3.63, 3.8) is 0 Å². The molecule has 0 spiro atoms. The first-order valence-corrected chi connectivity index (χ1v) is 11.0. The van der Waals surface area contributed by atoms with Crippen molar-refractivity contribution >= 4 is 43.5 Å². The average Bonchev–Trinajstić information content (AvgIpc) is 3.02. The maximum absolute atomic E-state index is 12.9. The first-order chi connectivity index (χ1) is 12.7.